The molecular weight excluding hydrogens is 340 g/mol. The van der Waals surface area contributed by atoms with Crippen LogP contribution in [0, 0.1) is 11.6 Å². The van der Waals surface area contributed by atoms with Crippen LogP contribution in [0.5, 0.6) is 0 Å². The van der Waals surface area contributed by atoms with E-state index in [-0.39, 0.29) is 5.91 Å². The predicted molar refractivity (Wildman–Crippen MR) is 90.9 cm³/mol. The molecular formula is C15H17F2N3OS2. The molecule has 1 amide bonds. The second-order valence-corrected chi connectivity index (χ2v) is 7.03. The highest BCUT2D eigenvalue weighted by Gasteiger charge is 2.15. The minimum atomic E-state index is -0.875. The van der Waals surface area contributed by atoms with Crippen LogP contribution in [0.2, 0.25) is 0 Å². The lowest BCUT2D eigenvalue weighted by Gasteiger charge is -2.09. The predicted octanol–water partition coefficient (Wildman–Crippen LogP) is 3.03. The zero-order valence-corrected chi connectivity index (χ0v) is 14.1. The van der Waals surface area contributed by atoms with E-state index in [4.69, 9.17) is 5.73 Å². The fourth-order valence-electron chi connectivity index (χ4n) is 1.87. The standard InChI is InChI=1S/C15H17F2N3OS2/c1-22-5-4-13(18)14(21)20-15-19-8-10(23-15)6-9-2-3-11(16)12(17)7-9/h2-3,7-8,13H,4-6,18H2,1H3,(H,19,20,21)/t13-/m0/s1. The lowest BCUT2D eigenvalue weighted by molar-refractivity contribution is -0.117. The summed E-state index contributed by atoms with van der Waals surface area (Å²) in [6, 6.07) is 3.21. The average molecular weight is 357 g/mol. The van der Waals surface area contributed by atoms with Crippen molar-refractivity contribution < 1.29 is 13.6 Å². The maximum atomic E-state index is 13.2. The topological polar surface area (TPSA) is 68.0 Å². The normalized spacial score (nSPS) is 12.2. The Balaban J connectivity index is 1.95. The van der Waals surface area contributed by atoms with Gasteiger partial charge in [-0.05, 0) is 36.1 Å². The molecule has 0 radical (unpaired) electrons. The van der Waals surface area contributed by atoms with Gasteiger partial charge < -0.3 is 11.1 Å². The molecule has 1 atom stereocenters. The zero-order chi connectivity index (χ0) is 16.8. The first-order valence-electron chi connectivity index (χ1n) is 6.93. The largest absolute Gasteiger partial charge is 0.320 e. The molecule has 0 unspecified atom stereocenters. The number of halogens is 2. The van der Waals surface area contributed by atoms with E-state index in [0.29, 0.717) is 23.5 Å². The van der Waals surface area contributed by atoms with Crippen molar-refractivity contribution in [1.29, 1.82) is 0 Å². The van der Waals surface area contributed by atoms with Gasteiger partial charge in [-0.15, -0.1) is 11.3 Å². The Morgan fingerprint density at radius 3 is 2.91 bits per heavy atom. The molecule has 0 aliphatic carbocycles. The van der Waals surface area contributed by atoms with E-state index in [1.807, 2.05) is 6.26 Å². The van der Waals surface area contributed by atoms with Gasteiger partial charge in [0.05, 0.1) is 6.04 Å². The van der Waals surface area contributed by atoms with Crippen molar-refractivity contribution >= 4 is 34.1 Å². The smallest absolute Gasteiger partial charge is 0.243 e. The number of hydrogen-bond acceptors (Lipinski definition) is 5. The molecule has 1 heterocycles. The minimum absolute atomic E-state index is 0.271. The summed E-state index contributed by atoms with van der Waals surface area (Å²) in [5, 5.41) is 3.13. The van der Waals surface area contributed by atoms with Crippen molar-refractivity contribution in [3.63, 3.8) is 0 Å². The van der Waals surface area contributed by atoms with Crippen LogP contribution >= 0.6 is 23.1 Å². The summed E-state index contributed by atoms with van der Waals surface area (Å²) in [7, 11) is 0. The van der Waals surface area contributed by atoms with E-state index < -0.39 is 17.7 Å². The van der Waals surface area contributed by atoms with Crippen LogP contribution in [-0.4, -0.2) is 28.9 Å². The highest BCUT2D eigenvalue weighted by molar-refractivity contribution is 7.98. The fourth-order valence-corrected chi connectivity index (χ4v) is 3.21. The number of hydrogen-bond donors (Lipinski definition) is 2. The van der Waals surface area contributed by atoms with Crippen LogP contribution in [0.1, 0.15) is 16.9 Å². The lowest BCUT2D eigenvalue weighted by atomic mass is 10.1. The Hall–Kier alpha value is -1.51. The molecule has 23 heavy (non-hydrogen) atoms. The van der Waals surface area contributed by atoms with Crippen molar-refractivity contribution in [2.75, 3.05) is 17.3 Å². The van der Waals surface area contributed by atoms with E-state index in [1.54, 1.807) is 18.0 Å². The van der Waals surface area contributed by atoms with E-state index >= 15 is 0 Å². The van der Waals surface area contributed by atoms with Crippen molar-refractivity contribution in [2.24, 2.45) is 5.73 Å². The molecule has 2 aromatic rings. The van der Waals surface area contributed by atoms with Gasteiger partial charge in [-0.3, -0.25) is 4.79 Å². The molecule has 4 nitrogen and oxygen atoms in total. The first kappa shape index (κ1) is 17.8. The number of thioether (sulfide) groups is 1. The number of nitrogens with two attached hydrogens (primary N) is 1. The Morgan fingerprint density at radius 1 is 1.43 bits per heavy atom. The number of nitrogens with one attached hydrogen (secondary N) is 1. The molecule has 0 spiro atoms. The van der Waals surface area contributed by atoms with Crippen molar-refractivity contribution in [2.45, 2.75) is 18.9 Å². The lowest BCUT2D eigenvalue weighted by Crippen LogP contribution is -2.36. The molecule has 0 aliphatic heterocycles. The fraction of sp³-hybridized carbons (Fsp3) is 0.333. The van der Waals surface area contributed by atoms with Crippen LogP contribution < -0.4 is 11.1 Å². The number of rotatable bonds is 7. The Labute approximate surface area is 141 Å². The highest BCUT2D eigenvalue weighted by atomic mass is 32.2. The summed E-state index contributed by atoms with van der Waals surface area (Å²) in [5.74, 6) is -1.20. The van der Waals surface area contributed by atoms with Crippen molar-refractivity contribution in [3.05, 3.63) is 46.5 Å². The van der Waals surface area contributed by atoms with Gasteiger partial charge in [0, 0.05) is 17.5 Å². The van der Waals surface area contributed by atoms with Gasteiger partial charge in [0.1, 0.15) is 0 Å². The summed E-state index contributed by atoms with van der Waals surface area (Å²) in [6.45, 7) is 0. The number of thiazole rings is 1. The highest BCUT2D eigenvalue weighted by Crippen LogP contribution is 2.22. The van der Waals surface area contributed by atoms with Gasteiger partial charge in [0.2, 0.25) is 5.91 Å². The third-order valence-electron chi connectivity index (χ3n) is 3.12. The average Bonchev–Trinajstić information content (AvgIpc) is 2.95. The third kappa shape index (κ3) is 5.26. The molecule has 0 bridgehead atoms. The number of amides is 1. The Morgan fingerprint density at radius 2 is 2.22 bits per heavy atom. The van der Waals surface area contributed by atoms with Gasteiger partial charge >= 0.3 is 0 Å². The zero-order valence-electron chi connectivity index (χ0n) is 12.5. The summed E-state index contributed by atoms with van der Waals surface area (Å²) in [5.41, 5.74) is 6.43. The second-order valence-electron chi connectivity index (χ2n) is 4.93. The Bertz CT molecular complexity index is 678. The molecule has 8 heteroatoms. The first-order valence-corrected chi connectivity index (χ1v) is 9.14. The summed E-state index contributed by atoms with van der Waals surface area (Å²) in [6.07, 6.45) is 4.58. The van der Waals surface area contributed by atoms with Gasteiger partial charge in [0.15, 0.2) is 16.8 Å². The minimum Gasteiger partial charge on any atom is -0.320 e. The summed E-state index contributed by atoms with van der Waals surface area (Å²) < 4.78 is 26.1. The molecule has 1 aromatic heterocycles. The van der Waals surface area contributed by atoms with Crippen LogP contribution in [0.3, 0.4) is 0 Å². The van der Waals surface area contributed by atoms with Crippen LogP contribution in [-0.2, 0) is 11.2 Å². The molecule has 0 aliphatic rings. The number of anilines is 1. The number of nitrogens with zero attached hydrogens (tertiary/aromatic N) is 1. The quantitative estimate of drug-likeness (QED) is 0.799. The Kier molecular flexibility index (Phi) is 6.49. The molecule has 0 saturated heterocycles. The second kappa shape index (κ2) is 8.37. The number of carbonyl (C=O) groups is 1. The molecule has 2 rings (SSSR count). The maximum absolute atomic E-state index is 13.2. The third-order valence-corrected chi connectivity index (χ3v) is 4.67. The van der Waals surface area contributed by atoms with Crippen LogP contribution in [0.25, 0.3) is 0 Å². The summed E-state index contributed by atoms with van der Waals surface area (Å²) in [4.78, 5) is 16.8. The first-order chi connectivity index (χ1) is 11.0. The number of benzene rings is 1. The molecule has 1 aromatic carbocycles. The van der Waals surface area contributed by atoms with E-state index in [1.165, 1.54) is 17.4 Å². The molecule has 3 N–H and O–H groups in total. The number of carbonyl (C=O) groups excluding carboxylic acids is 1. The molecule has 0 fully saturated rings. The van der Waals surface area contributed by atoms with E-state index in [9.17, 15) is 13.6 Å². The SMILES string of the molecule is CSCC[C@H](N)C(=O)Nc1ncc(Cc2ccc(F)c(F)c2)s1. The van der Waals surface area contributed by atoms with Crippen LogP contribution in [0.4, 0.5) is 13.9 Å². The maximum Gasteiger partial charge on any atom is 0.243 e. The van der Waals surface area contributed by atoms with Crippen LogP contribution in [0.15, 0.2) is 24.4 Å². The number of aromatic nitrogens is 1. The van der Waals surface area contributed by atoms with Crippen molar-refractivity contribution in [3.8, 4) is 0 Å². The van der Waals surface area contributed by atoms with Gasteiger partial charge in [0.25, 0.3) is 0 Å². The molecule has 0 saturated carbocycles. The van der Waals surface area contributed by atoms with Gasteiger partial charge in [-0.2, -0.15) is 11.8 Å². The van der Waals surface area contributed by atoms with E-state index in [2.05, 4.69) is 10.3 Å². The van der Waals surface area contributed by atoms with Gasteiger partial charge in [-0.1, -0.05) is 6.07 Å². The summed E-state index contributed by atoms with van der Waals surface area (Å²) >= 11 is 2.92. The van der Waals surface area contributed by atoms with Crippen molar-refractivity contribution in [1.82, 2.24) is 4.98 Å². The van der Waals surface area contributed by atoms with E-state index in [0.717, 1.165) is 22.8 Å². The van der Waals surface area contributed by atoms with Gasteiger partial charge in [-0.25, -0.2) is 13.8 Å². The monoisotopic (exact) mass is 357 g/mol. The molecule has 124 valence electrons.